The Balaban J connectivity index is 2.94. The van der Waals surface area contributed by atoms with E-state index in [1.54, 1.807) is 11.2 Å². The molecule has 1 saturated heterocycles. The molecule has 14 heavy (non-hydrogen) atoms. The van der Waals surface area contributed by atoms with Gasteiger partial charge < -0.3 is 0 Å². The van der Waals surface area contributed by atoms with Gasteiger partial charge in [-0.25, -0.2) is 8.42 Å². The number of hydrogen-bond acceptors (Lipinski definition) is 2. The number of halogens is 1. The summed E-state index contributed by atoms with van der Waals surface area (Å²) in [5.41, 5.74) is -0.237. The zero-order chi connectivity index (χ0) is 11.0. The van der Waals surface area contributed by atoms with E-state index in [4.69, 9.17) is 11.6 Å². The molecule has 0 amide bonds. The topological polar surface area (TPSA) is 37.4 Å². The van der Waals surface area contributed by atoms with E-state index in [1.165, 1.54) is 0 Å². The highest BCUT2D eigenvalue weighted by Gasteiger charge is 2.42. The molecule has 1 aliphatic rings. The number of hydrogen-bond donors (Lipinski definition) is 0. The van der Waals surface area contributed by atoms with E-state index in [9.17, 15) is 8.42 Å². The highest BCUT2D eigenvalue weighted by atomic mass is 35.5. The second kappa shape index (κ2) is 3.99. The van der Waals surface area contributed by atoms with E-state index < -0.39 is 15.3 Å². The maximum Gasteiger partial charge on any atom is 0.218 e. The van der Waals surface area contributed by atoms with Crippen LogP contribution in [0.5, 0.6) is 0 Å². The van der Waals surface area contributed by atoms with Crippen molar-refractivity contribution in [1.82, 2.24) is 4.31 Å². The lowest BCUT2D eigenvalue weighted by atomic mass is 10.0. The van der Waals surface area contributed by atoms with Crippen LogP contribution in [0.15, 0.2) is 0 Å². The summed E-state index contributed by atoms with van der Waals surface area (Å²) in [6.45, 7) is 6.24. The standard InChI is InChI=1S/C9H18ClNO2S/c1-8(7-10)14(12,13)11-6-4-5-9(11,2)3/h8H,4-7H2,1-3H3. The molecular weight excluding hydrogens is 222 g/mol. The molecule has 1 heterocycles. The second-order valence-corrected chi connectivity index (χ2v) is 7.08. The molecule has 1 atom stereocenters. The van der Waals surface area contributed by atoms with E-state index in [2.05, 4.69) is 0 Å². The molecule has 0 radical (unpaired) electrons. The van der Waals surface area contributed by atoms with Gasteiger partial charge in [0.25, 0.3) is 0 Å². The first-order valence-corrected chi connectivity index (χ1v) is 6.94. The Hall–Kier alpha value is 0.200. The molecule has 1 rings (SSSR count). The maximum atomic E-state index is 12.0. The molecule has 1 aliphatic heterocycles. The smallest absolute Gasteiger partial charge is 0.212 e. The molecule has 0 aliphatic carbocycles. The summed E-state index contributed by atoms with van der Waals surface area (Å²) in [6.07, 6.45) is 1.88. The van der Waals surface area contributed by atoms with Crippen molar-refractivity contribution in [2.75, 3.05) is 12.4 Å². The highest BCUT2D eigenvalue weighted by Crippen LogP contribution is 2.32. The fraction of sp³-hybridized carbons (Fsp3) is 1.00. The van der Waals surface area contributed by atoms with Crippen LogP contribution in [0.2, 0.25) is 0 Å². The van der Waals surface area contributed by atoms with E-state index in [1.807, 2.05) is 13.8 Å². The Bertz CT molecular complexity index is 300. The number of alkyl halides is 1. The van der Waals surface area contributed by atoms with Crippen LogP contribution in [-0.2, 0) is 10.0 Å². The predicted molar refractivity (Wildman–Crippen MR) is 59.1 cm³/mol. The lowest BCUT2D eigenvalue weighted by molar-refractivity contribution is 0.289. The average Bonchev–Trinajstić information content (AvgIpc) is 2.44. The molecule has 0 N–H and O–H groups in total. The van der Waals surface area contributed by atoms with Gasteiger partial charge in [-0.1, -0.05) is 0 Å². The van der Waals surface area contributed by atoms with Crippen LogP contribution in [0.1, 0.15) is 33.6 Å². The summed E-state index contributed by atoms with van der Waals surface area (Å²) in [5.74, 6) is 0.162. The number of rotatable bonds is 3. The van der Waals surface area contributed by atoms with Crippen LogP contribution in [0.25, 0.3) is 0 Å². The van der Waals surface area contributed by atoms with Gasteiger partial charge in [0.2, 0.25) is 10.0 Å². The molecule has 0 aromatic heterocycles. The fourth-order valence-corrected chi connectivity index (χ4v) is 4.09. The monoisotopic (exact) mass is 239 g/mol. The van der Waals surface area contributed by atoms with Gasteiger partial charge in [0.1, 0.15) is 0 Å². The Morgan fingerprint density at radius 3 is 2.43 bits per heavy atom. The highest BCUT2D eigenvalue weighted by molar-refractivity contribution is 7.89. The van der Waals surface area contributed by atoms with Gasteiger partial charge in [0.15, 0.2) is 0 Å². The van der Waals surface area contributed by atoms with Crippen molar-refractivity contribution in [2.45, 2.75) is 44.4 Å². The number of nitrogens with zero attached hydrogens (tertiary/aromatic N) is 1. The van der Waals surface area contributed by atoms with Gasteiger partial charge in [-0.2, -0.15) is 4.31 Å². The fourth-order valence-electron chi connectivity index (χ4n) is 1.85. The SMILES string of the molecule is CC(CCl)S(=O)(=O)N1CCCC1(C)C. The lowest BCUT2D eigenvalue weighted by Crippen LogP contribution is -2.46. The van der Waals surface area contributed by atoms with Gasteiger partial charge in [-0.05, 0) is 33.6 Å². The van der Waals surface area contributed by atoms with E-state index in [0.29, 0.717) is 6.54 Å². The minimum Gasteiger partial charge on any atom is -0.212 e. The van der Waals surface area contributed by atoms with Gasteiger partial charge in [-0.15, -0.1) is 11.6 Å². The Labute approximate surface area is 91.5 Å². The van der Waals surface area contributed by atoms with Gasteiger partial charge in [0.05, 0.1) is 5.25 Å². The first-order valence-electron chi connectivity index (χ1n) is 4.90. The largest absolute Gasteiger partial charge is 0.218 e. The molecule has 0 spiro atoms. The molecular formula is C9H18ClNO2S. The Morgan fingerprint density at radius 2 is 2.07 bits per heavy atom. The molecule has 0 saturated carbocycles. The van der Waals surface area contributed by atoms with Crippen molar-refractivity contribution in [1.29, 1.82) is 0 Å². The van der Waals surface area contributed by atoms with Crippen molar-refractivity contribution in [3.8, 4) is 0 Å². The minimum absolute atomic E-state index is 0.162. The normalized spacial score (nSPS) is 25.1. The molecule has 0 aromatic carbocycles. The third-order valence-corrected chi connectivity index (χ3v) is 5.98. The van der Waals surface area contributed by atoms with Crippen LogP contribution in [-0.4, -0.2) is 35.9 Å². The molecule has 84 valence electrons. The van der Waals surface area contributed by atoms with Crippen LogP contribution in [0, 0.1) is 0 Å². The van der Waals surface area contributed by atoms with Crippen LogP contribution in [0.3, 0.4) is 0 Å². The molecule has 0 aromatic rings. The first-order chi connectivity index (χ1) is 6.32. The molecule has 3 nitrogen and oxygen atoms in total. The van der Waals surface area contributed by atoms with E-state index in [-0.39, 0.29) is 11.4 Å². The third kappa shape index (κ3) is 2.07. The minimum atomic E-state index is -3.20. The summed E-state index contributed by atoms with van der Waals surface area (Å²) >= 11 is 5.60. The number of sulfonamides is 1. The quantitative estimate of drug-likeness (QED) is 0.705. The second-order valence-electron chi connectivity index (χ2n) is 4.50. The van der Waals surface area contributed by atoms with Gasteiger partial charge in [-0.3, -0.25) is 0 Å². The summed E-state index contributed by atoms with van der Waals surface area (Å²) < 4.78 is 25.6. The van der Waals surface area contributed by atoms with Gasteiger partial charge >= 0.3 is 0 Å². The van der Waals surface area contributed by atoms with E-state index in [0.717, 1.165) is 12.8 Å². The van der Waals surface area contributed by atoms with Crippen LogP contribution < -0.4 is 0 Å². The van der Waals surface area contributed by atoms with Gasteiger partial charge in [0, 0.05) is 18.0 Å². The first kappa shape index (κ1) is 12.3. The third-order valence-electron chi connectivity index (χ3n) is 2.86. The lowest BCUT2D eigenvalue weighted by Gasteiger charge is -2.32. The predicted octanol–water partition coefficient (Wildman–Crippen LogP) is 1.82. The summed E-state index contributed by atoms with van der Waals surface area (Å²) in [5, 5.41) is -0.485. The van der Waals surface area contributed by atoms with Crippen molar-refractivity contribution < 1.29 is 8.42 Å². The summed E-state index contributed by atoms with van der Waals surface area (Å²) in [4.78, 5) is 0. The molecule has 1 unspecified atom stereocenters. The molecule has 5 heteroatoms. The van der Waals surface area contributed by atoms with E-state index >= 15 is 0 Å². The molecule has 0 bridgehead atoms. The average molecular weight is 240 g/mol. The van der Waals surface area contributed by atoms with Crippen LogP contribution in [0.4, 0.5) is 0 Å². The van der Waals surface area contributed by atoms with Crippen LogP contribution >= 0.6 is 11.6 Å². The Morgan fingerprint density at radius 1 is 1.50 bits per heavy atom. The molecule has 1 fully saturated rings. The zero-order valence-electron chi connectivity index (χ0n) is 8.96. The van der Waals surface area contributed by atoms with Crippen molar-refractivity contribution in [3.63, 3.8) is 0 Å². The van der Waals surface area contributed by atoms with Crippen molar-refractivity contribution in [3.05, 3.63) is 0 Å². The summed E-state index contributed by atoms with van der Waals surface area (Å²) in [6, 6.07) is 0. The van der Waals surface area contributed by atoms with Crippen molar-refractivity contribution >= 4 is 21.6 Å². The maximum absolute atomic E-state index is 12.0. The zero-order valence-corrected chi connectivity index (χ0v) is 10.5. The van der Waals surface area contributed by atoms with Crippen molar-refractivity contribution in [2.24, 2.45) is 0 Å². The summed E-state index contributed by atoms with van der Waals surface area (Å²) in [7, 11) is -3.20. The Kier molecular flexibility index (Phi) is 3.49.